The van der Waals surface area contributed by atoms with E-state index < -0.39 is 0 Å². The minimum absolute atomic E-state index is 0.0301. The van der Waals surface area contributed by atoms with E-state index in [1.807, 2.05) is 12.1 Å². The summed E-state index contributed by atoms with van der Waals surface area (Å²) in [5.41, 5.74) is 7.17. The molecule has 3 N–H and O–H groups in total. The molecule has 1 rings (SSSR count). The van der Waals surface area contributed by atoms with Crippen LogP contribution in [-0.4, -0.2) is 17.4 Å². The predicted octanol–water partition coefficient (Wildman–Crippen LogP) is 2.29. The third kappa shape index (κ3) is 5.27. The van der Waals surface area contributed by atoms with Gasteiger partial charge in [0, 0.05) is 18.5 Å². The first-order chi connectivity index (χ1) is 8.49. The van der Waals surface area contributed by atoms with E-state index in [9.17, 15) is 4.79 Å². The number of nitrogens with one attached hydrogen (secondary N) is 1. The highest BCUT2D eigenvalue weighted by atomic mass is 32.1. The average molecular weight is 264 g/mol. The monoisotopic (exact) mass is 264 g/mol. The maximum Gasteiger partial charge on any atom is 0.251 e. The molecule has 0 aliphatic carbocycles. The van der Waals surface area contributed by atoms with Gasteiger partial charge in [-0.1, -0.05) is 38.2 Å². The van der Waals surface area contributed by atoms with Crippen molar-refractivity contribution >= 4 is 23.1 Å². The van der Waals surface area contributed by atoms with Gasteiger partial charge in [-0.25, -0.2) is 0 Å². The first-order valence-electron chi connectivity index (χ1n) is 6.14. The van der Waals surface area contributed by atoms with E-state index >= 15 is 0 Å². The fourth-order valence-corrected chi connectivity index (χ4v) is 1.72. The molecule has 0 spiro atoms. The van der Waals surface area contributed by atoms with Crippen LogP contribution >= 0.6 is 12.2 Å². The summed E-state index contributed by atoms with van der Waals surface area (Å²) >= 11 is 4.84. The van der Waals surface area contributed by atoms with Gasteiger partial charge in [0.05, 0.1) is 4.99 Å². The first-order valence-corrected chi connectivity index (χ1v) is 6.55. The Morgan fingerprint density at radius 1 is 1.33 bits per heavy atom. The van der Waals surface area contributed by atoms with Crippen LogP contribution in [0.2, 0.25) is 0 Å². The molecule has 18 heavy (non-hydrogen) atoms. The van der Waals surface area contributed by atoms with E-state index in [0.29, 0.717) is 29.4 Å². The van der Waals surface area contributed by atoms with Gasteiger partial charge in [-0.15, -0.1) is 0 Å². The summed E-state index contributed by atoms with van der Waals surface area (Å²) in [6.45, 7) is 4.98. The lowest BCUT2D eigenvalue weighted by Crippen LogP contribution is -2.25. The van der Waals surface area contributed by atoms with Crippen LogP contribution in [0.25, 0.3) is 0 Å². The number of thiocarbonyl (C=S) groups is 1. The maximum absolute atomic E-state index is 11.8. The predicted molar refractivity (Wildman–Crippen MR) is 78.7 cm³/mol. The molecule has 1 aromatic rings. The zero-order chi connectivity index (χ0) is 13.5. The Bertz CT molecular complexity index is 412. The highest BCUT2D eigenvalue weighted by Gasteiger charge is 2.05. The number of amides is 1. The van der Waals surface area contributed by atoms with Crippen LogP contribution in [-0.2, 0) is 6.42 Å². The summed E-state index contributed by atoms with van der Waals surface area (Å²) in [5.74, 6) is 0.566. The standard InChI is InChI=1S/C14H20N2OS/c1-10(2)7-8-16-14(17)12-5-3-11(4-6-12)9-13(15)18/h3-6,10H,7-9H2,1-2H3,(H2,15,18)(H,16,17). The molecule has 0 unspecified atom stereocenters. The van der Waals surface area contributed by atoms with Gasteiger partial charge >= 0.3 is 0 Å². The maximum atomic E-state index is 11.8. The van der Waals surface area contributed by atoms with E-state index in [-0.39, 0.29) is 5.91 Å². The van der Waals surface area contributed by atoms with Crippen molar-refractivity contribution in [3.63, 3.8) is 0 Å². The van der Waals surface area contributed by atoms with Gasteiger partial charge < -0.3 is 11.1 Å². The molecule has 0 radical (unpaired) electrons. The Morgan fingerprint density at radius 3 is 2.44 bits per heavy atom. The number of benzene rings is 1. The minimum atomic E-state index is -0.0301. The van der Waals surface area contributed by atoms with Crippen molar-refractivity contribution in [3.05, 3.63) is 35.4 Å². The molecule has 0 aliphatic heterocycles. The Balaban J connectivity index is 2.51. The van der Waals surface area contributed by atoms with Crippen molar-refractivity contribution in [3.8, 4) is 0 Å². The molecule has 0 heterocycles. The third-order valence-electron chi connectivity index (χ3n) is 2.60. The molecular weight excluding hydrogens is 244 g/mol. The van der Waals surface area contributed by atoms with Gasteiger partial charge in [0.15, 0.2) is 0 Å². The molecule has 0 bridgehead atoms. The van der Waals surface area contributed by atoms with Crippen LogP contribution in [0.5, 0.6) is 0 Å². The van der Waals surface area contributed by atoms with Gasteiger partial charge in [0.25, 0.3) is 5.91 Å². The van der Waals surface area contributed by atoms with Crippen LogP contribution in [0.3, 0.4) is 0 Å². The molecule has 1 amide bonds. The van der Waals surface area contributed by atoms with Gasteiger partial charge in [0.1, 0.15) is 0 Å². The molecule has 0 aliphatic rings. The van der Waals surface area contributed by atoms with Crippen LogP contribution in [0.4, 0.5) is 0 Å². The summed E-state index contributed by atoms with van der Waals surface area (Å²) in [4.78, 5) is 12.3. The van der Waals surface area contributed by atoms with Crippen molar-refractivity contribution in [2.45, 2.75) is 26.7 Å². The molecule has 0 saturated heterocycles. The van der Waals surface area contributed by atoms with Gasteiger partial charge in [-0.3, -0.25) is 4.79 Å². The molecule has 3 nitrogen and oxygen atoms in total. The highest BCUT2D eigenvalue weighted by molar-refractivity contribution is 7.80. The lowest BCUT2D eigenvalue weighted by molar-refractivity contribution is 0.0952. The molecule has 98 valence electrons. The van der Waals surface area contributed by atoms with Crippen molar-refractivity contribution < 1.29 is 4.79 Å². The lowest BCUT2D eigenvalue weighted by Gasteiger charge is -2.07. The number of nitrogens with two attached hydrogens (primary N) is 1. The van der Waals surface area contributed by atoms with E-state index in [0.717, 1.165) is 12.0 Å². The second-order valence-corrected chi connectivity index (χ2v) is 5.30. The van der Waals surface area contributed by atoms with Crippen LogP contribution in [0.1, 0.15) is 36.2 Å². The van der Waals surface area contributed by atoms with Crippen LogP contribution < -0.4 is 11.1 Å². The molecule has 0 fully saturated rings. The fraction of sp³-hybridized carbons (Fsp3) is 0.429. The lowest BCUT2D eigenvalue weighted by atomic mass is 10.1. The number of hydrogen-bond acceptors (Lipinski definition) is 2. The second kappa shape index (κ2) is 7.11. The van der Waals surface area contributed by atoms with Crippen LogP contribution in [0, 0.1) is 5.92 Å². The third-order valence-corrected chi connectivity index (χ3v) is 2.75. The largest absolute Gasteiger partial charge is 0.393 e. The highest BCUT2D eigenvalue weighted by Crippen LogP contribution is 2.06. The minimum Gasteiger partial charge on any atom is -0.393 e. The van der Waals surface area contributed by atoms with Crippen LogP contribution in [0.15, 0.2) is 24.3 Å². The average Bonchev–Trinajstić information content (AvgIpc) is 2.28. The van der Waals surface area contributed by atoms with Crippen molar-refractivity contribution in [1.82, 2.24) is 5.32 Å². The fourth-order valence-electron chi connectivity index (χ4n) is 1.55. The molecular formula is C14H20N2OS. The summed E-state index contributed by atoms with van der Waals surface area (Å²) in [5, 5.41) is 2.90. The summed E-state index contributed by atoms with van der Waals surface area (Å²) in [6, 6.07) is 7.38. The Hall–Kier alpha value is -1.42. The molecule has 0 saturated carbocycles. The van der Waals surface area contributed by atoms with E-state index in [4.69, 9.17) is 18.0 Å². The number of carbonyl (C=O) groups excluding carboxylic acids is 1. The zero-order valence-electron chi connectivity index (χ0n) is 10.9. The first kappa shape index (κ1) is 14.6. The number of carbonyl (C=O) groups is 1. The van der Waals surface area contributed by atoms with Crippen molar-refractivity contribution in [2.75, 3.05) is 6.54 Å². The Labute approximate surface area is 114 Å². The topological polar surface area (TPSA) is 55.1 Å². The van der Waals surface area contributed by atoms with Crippen molar-refractivity contribution in [2.24, 2.45) is 11.7 Å². The SMILES string of the molecule is CC(C)CCNC(=O)c1ccc(CC(N)=S)cc1. The smallest absolute Gasteiger partial charge is 0.251 e. The second-order valence-electron chi connectivity index (χ2n) is 4.78. The van der Waals surface area contributed by atoms with E-state index in [2.05, 4.69) is 19.2 Å². The zero-order valence-corrected chi connectivity index (χ0v) is 11.7. The Kier molecular flexibility index (Phi) is 5.78. The Morgan fingerprint density at radius 2 is 1.94 bits per heavy atom. The van der Waals surface area contributed by atoms with Gasteiger partial charge in [-0.05, 0) is 30.0 Å². The van der Waals surface area contributed by atoms with E-state index in [1.165, 1.54) is 0 Å². The summed E-state index contributed by atoms with van der Waals surface area (Å²) in [6.07, 6.45) is 1.57. The molecule has 1 aromatic carbocycles. The normalized spacial score (nSPS) is 10.4. The molecule has 4 heteroatoms. The van der Waals surface area contributed by atoms with Gasteiger partial charge in [-0.2, -0.15) is 0 Å². The molecule has 0 aromatic heterocycles. The van der Waals surface area contributed by atoms with Crippen molar-refractivity contribution in [1.29, 1.82) is 0 Å². The quantitative estimate of drug-likeness (QED) is 0.775. The number of hydrogen-bond donors (Lipinski definition) is 2. The van der Waals surface area contributed by atoms with E-state index in [1.54, 1.807) is 12.1 Å². The molecule has 0 atom stereocenters. The van der Waals surface area contributed by atoms with Gasteiger partial charge in [0.2, 0.25) is 0 Å². The summed E-state index contributed by atoms with van der Waals surface area (Å²) < 4.78 is 0. The number of rotatable bonds is 6. The summed E-state index contributed by atoms with van der Waals surface area (Å²) in [7, 11) is 0.